The van der Waals surface area contributed by atoms with E-state index >= 15 is 0 Å². The number of rotatable bonds is 6. The molecule has 3 heterocycles. The summed E-state index contributed by atoms with van der Waals surface area (Å²) in [6, 6.07) is 16.6. The Labute approximate surface area is 211 Å². The number of benzene rings is 2. The topological polar surface area (TPSA) is 73.8 Å². The summed E-state index contributed by atoms with van der Waals surface area (Å²) in [5, 5.41) is 0. The van der Waals surface area contributed by atoms with E-state index in [0.29, 0.717) is 26.1 Å². The SMILES string of the molecule is CN(C)c1ccc(CN2CCCCC2COC(=O)N2CC=C(n3c(=O)[nH]c4ccccc43)CC2)cc1. The Hall–Kier alpha value is -3.52. The number of hydrogen-bond acceptors (Lipinski definition) is 5. The predicted molar refractivity (Wildman–Crippen MR) is 143 cm³/mol. The lowest BCUT2D eigenvalue weighted by Crippen LogP contribution is -2.44. The molecule has 1 saturated heterocycles. The molecule has 8 heteroatoms. The van der Waals surface area contributed by atoms with E-state index in [1.165, 1.54) is 17.7 Å². The third-order valence-corrected chi connectivity index (χ3v) is 7.31. The average molecular weight is 490 g/mol. The van der Waals surface area contributed by atoms with Crippen LogP contribution in [0.25, 0.3) is 16.7 Å². The molecule has 2 aliphatic heterocycles. The van der Waals surface area contributed by atoms with Crippen molar-refractivity contribution in [2.45, 2.75) is 38.3 Å². The summed E-state index contributed by atoms with van der Waals surface area (Å²) in [5.74, 6) is 0. The minimum Gasteiger partial charge on any atom is -0.448 e. The van der Waals surface area contributed by atoms with Crippen LogP contribution in [0.2, 0.25) is 0 Å². The first-order valence-corrected chi connectivity index (χ1v) is 12.8. The maximum absolute atomic E-state index is 12.9. The maximum Gasteiger partial charge on any atom is 0.410 e. The van der Waals surface area contributed by atoms with E-state index in [9.17, 15) is 9.59 Å². The molecule has 0 saturated carbocycles. The second-order valence-electron chi connectivity index (χ2n) is 9.93. The summed E-state index contributed by atoms with van der Waals surface area (Å²) in [7, 11) is 4.09. The minimum atomic E-state index is -0.280. The Morgan fingerprint density at radius 3 is 2.64 bits per heavy atom. The molecule has 36 heavy (non-hydrogen) atoms. The fourth-order valence-electron chi connectivity index (χ4n) is 5.22. The van der Waals surface area contributed by atoms with Gasteiger partial charge in [0.25, 0.3) is 0 Å². The molecule has 0 spiro atoms. The first-order chi connectivity index (χ1) is 17.5. The molecule has 0 radical (unpaired) electrons. The Bertz CT molecular complexity index is 1290. The van der Waals surface area contributed by atoms with Crippen molar-refractivity contribution in [3.63, 3.8) is 0 Å². The van der Waals surface area contributed by atoms with Crippen LogP contribution >= 0.6 is 0 Å². The summed E-state index contributed by atoms with van der Waals surface area (Å²) in [6.07, 6.45) is 5.65. The van der Waals surface area contributed by atoms with Crippen molar-refractivity contribution in [1.29, 1.82) is 0 Å². The van der Waals surface area contributed by atoms with E-state index in [-0.39, 0.29) is 17.8 Å². The fourth-order valence-corrected chi connectivity index (χ4v) is 5.22. The Balaban J connectivity index is 1.17. The molecule has 1 unspecified atom stereocenters. The van der Waals surface area contributed by atoms with Crippen molar-refractivity contribution >= 4 is 28.5 Å². The quantitative estimate of drug-likeness (QED) is 0.564. The van der Waals surface area contributed by atoms with E-state index in [4.69, 9.17) is 4.74 Å². The second-order valence-corrected chi connectivity index (χ2v) is 9.93. The van der Waals surface area contributed by atoms with Crippen LogP contribution in [0.3, 0.4) is 0 Å². The summed E-state index contributed by atoms with van der Waals surface area (Å²) >= 11 is 0. The van der Waals surface area contributed by atoms with Crippen molar-refractivity contribution in [1.82, 2.24) is 19.4 Å². The maximum atomic E-state index is 12.9. The van der Waals surface area contributed by atoms with E-state index in [1.807, 2.05) is 44.4 Å². The number of imidazole rings is 1. The second kappa shape index (κ2) is 10.6. The number of amides is 1. The van der Waals surface area contributed by atoms with Gasteiger partial charge in [-0.15, -0.1) is 0 Å². The van der Waals surface area contributed by atoms with Crippen LogP contribution in [0.15, 0.2) is 59.4 Å². The number of aromatic nitrogens is 2. The van der Waals surface area contributed by atoms with Gasteiger partial charge in [0.1, 0.15) is 6.61 Å². The smallest absolute Gasteiger partial charge is 0.410 e. The highest BCUT2D eigenvalue weighted by atomic mass is 16.6. The fraction of sp³-hybridized carbons (Fsp3) is 0.429. The molecule has 3 aromatic rings. The third kappa shape index (κ3) is 5.18. The first-order valence-electron chi connectivity index (χ1n) is 12.8. The zero-order valence-corrected chi connectivity index (χ0v) is 21.2. The first kappa shape index (κ1) is 24.2. The van der Waals surface area contributed by atoms with Crippen molar-refractivity contribution < 1.29 is 9.53 Å². The third-order valence-electron chi connectivity index (χ3n) is 7.31. The zero-order valence-electron chi connectivity index (χ0n) is 21.2. The molecule has 8 nitrogen and oxygen atoms in total. The number of anilines is 1. The number of ether oxygens (including phenoxy) is 1. The molecule has 2 aromatic carbocycles. The number of nitrogens with one attached hydrogen (secondary N) is 1. The van der Waals surface area contributed by atoms with Crippen molar-refractivity contribution in [3.05, 3.63) is 70.7 Å². The van der Waals surface area contributed by atoms with Gasteiger partial charge in [0, 0.05) is 57.6 Å². The number of H-pyrrole nitrogens is 1. The Morgan fingerprint density at radius 2 is 1.89 bits per heavy atom. The predicted octanol–water partition coefficient (Wildman–Crippen LogP) is 4.13. The molecule has 190 valence electrons. The van der Waals surface area contributed by atoms with E-state index in [0.717, 1.165) is 42.7 Å². The van der Waals surface area contributed by atoms with Gasteiger partial charge in [-0.1, -0.05) is 30.7 Å². The number of para-hydroxylation sites is 2. The summed E-state index contributed by atoms with van der Waals surface area (Å²) in [4.78, 5) is 34.5. The number of nitrogens with zero attached hydrogens (tertiary/aromatic N) is 4. The number of piperidine rings is 1. The van der Waals surface area contributed by atoms with Crippen LogP contribution in [-0.2, 0) is 11.3 Å². The largest absolute Gasteiger partial charge is 0.448 e. The van der Waals surface area contributed by atoms with Crippen LogP contribution in [0, 0.1) is 0 Å². The van der Waals surface area contributed by atoms with Gasteiger partial charge in [0.05, 0.1) is 11.0 Å². The number of carbonyl (C=O) groups is 1. The van der Waals surface area contributed by atoms with Crippen LogP contribution in [-0.4, -0.2) is 71.8 Å². The van der Waals surface area contributed by atoms with Crippen LogP contribution in [0.1, 0.15) is 31.2 Å². The number of hydrogen-bond donors (Lipinski definition) is 1. The van der Waals surface area contributed by atoms with Gasteiger partial charge in [0.2, 0.25) is 0 Å². The van der Waals surface area contributed by atoms with Gasteiger partial charge < -0.3 is 19.5 Å². The van der Waals surface area contributed by atoms with Crippen molar-refractivity contribution in [2.24, 2.45) is 0 Å². The van der Waals surface area contributed by atoms with Crippen molar-refractivity contribution in [2.75, 3.05) is 45.2 Å². The molecule has 5 rings (SSSR count). The minimum absolute atomic E-state index is 0.146. The van der Waals surface area contributed by atoms with Gasteiger partial charge in [-0.3, -0.25) is 9.47 Å². The lowest BCUT2D eigenvalue weighted by molar-refractivity contribution is 0.0478. The summed E-state index contributed by atoms with van der Waals surface area (Å²) in [6.45, 7) is 3.26. The van der Waals surface area contributed by atoms with Crippen molar-refractivity contribution in [3.8, 4) is 0 Å². The molecule has 2 aliphatic rings. The molecular formula is C28H35N5O3. The standard InChI is InChI=1S/C28H35N5O3/c1-30(2)22-12-10-21(11-13-22)19-32-16-6-5-7-24(32)20-36-28(35)31-17-14-23(15-18-31)33-26-9-4-3-8-25(26)29-27(33)34/h3-4,8-14,24H,5-7,15-20H2,1-2H3,(H,29,34). The van der Waals surface area contributed by atoms with Crippen LogP contribution < -0.4 is 10.6 Å². The number of fused-ring (bicyclic) bond motifs is 1. The van der Waals surface area contributed by atoms with Crippen LogP contribution in [0.5, 0.6) is 0 Å². The van der Waals surface area contributed by atoms with E-state index < -0.39 is 0 Å². The number of likely N-dealkylation sites (tertiary alicyclic amines) is 1. The molecule has 1 atom stereocenters. The van der Waals surface area contributed by atoms with E-state index in [1.54, 1.807) is 9.47 Å². The average Bonchev–Trinajstić information content (AvgIpc) is 3.24. The summed E-state index contributed by atoms with van der Waals surface area (Å²) < 4.78 is 7.51. The highest BCUT2D eigenvalue weighted by Gasteiger charge is 2.26. The summed E-state index contributed by atoms with van der Waals surface area (Å²) in [5.41, 5.74) is 4.91. The highest BCUT2D eigenvalue weighted by molar-refractivity contribution is 5.79. The normalized spacial score (nSPS) is 18.8. The number of carbonyl (C=O) groups excluding carboxylic acids is 1. The Morgan fingerprint density at radius 1 is 1.08 bits per heavy atom. The van der Waals surface area contributed by atoms with Gasteiger partial charge in [-0.25, -0.2) is 9.59 Å². The molecule has 1 amide bonds. The molecule has 1 aromatic heterocycles. The highest BCUT2D eigenvalue weighted by Crippen LogP contribution is 2.23. The molecule has 0 bridgehead atoms. The van der Waals surface area contributed by atoms with Crippen LogP contribution in [0.4, 0.5) is 10.5 Å². The van der Waals surface area contributed by atoms with E-state index in [2.05, 4.69) is 39.0 Å². The molecule has 1 N–H and O–H groups in total. The van der Waals surface area contributed by atoms with Gasteiger partial charge in [0.15, 0.2) is 0 Å². The molecular weight excluding hydrogens is 454 g/mol. The lowest BCUT2D eigenvalue weighted by Gasteiger charge is -2.36. The van der Waals surface area contributed by atoms with Gasteiger partial charge in [-0.05, 0) is 55.3 Å². The Kier molecular flexibility index (Phi) is 7.13. The molecule has 1 fully saturated rings. The lowest BCUT2D eigenvalue weighted by atomic mass is 10.0. The van der Waals surface area contributed by atoms with Gasteiger partial charge >= 0.3 is 11.8 Å². The molecule has 0 aliphatic carbocycles. The monoisotopic (exact) mass is 489 g/mol. The number of aromatic amines is 1. The zero-order chi connectivity index (χ0) is 25.1. The van der Waals surface area contributed by atoms with Gasteiger partial charge in [-0.2, -0.15) is 0 Å².